The summed E-state index contributed by atoms with van der Waals surface area (Å²) in [7, 11) is 0. The van der Waals surface area contributed by atoms with Crippen LogP contribution in [0.4, 0.5) is 19.0 Å². The number of nitrogens with one attached hydrogen (secondary N) is 2. The molecule has 2 aromatic rings. The summed E-state index contributed by atoms with van der Waals surface area (Å²) in [5, 5.41) is 7.61. The Bertz CT molecular complexity index is 1010. The first-order valence-electron chi connectivity index (χ1n) is 12.8. The molecule has 1 saturated carbocycles. The van der Waals surface area contributed by atoms with Gasteiger partial charge < -0.3 is 15.4 Å². The van der Waals surface area contributed by atoms with Gasteiger partial charge in [0.15, 0.2) is 0 Å². The van der Waals surface area contributed by atoms with Crippen LogP contribution in [0.25, 0.3) is 11.3 Å². The monoisotopic (exact) mass is 560 g/mol. The average Bonchev–Trinajstić information content (AvgIpc) is 2.88. The molecule has 0 aromatic carbocycles. The van der Waals surface area contributed by atoms with Crippen LogP contribution >= 0.6 is 23.2 Å². The van der Waals surface area contributed by atoms with Crippen molar-refractivity contribution >= 4 is 29.0 Å². The molecule has 2 aromatic heterocycles. The van der Waals surface area contributed by atoms with E-state index in [4.69, 9.17) is 32.9 Å². The van der Waals surface area contributed by atoms with E-state index in [2.05, 4.69) is 20.4 Å². The van der Waals surface area contributed by atoms with Gasteiger partial charge in [-0.05, 0) is 75.0 Å². The highest BCUT2D eigenvalue weighted by Gasteiger charge is 2.29. The highest BCUT2D eigenvalue weighted by molar-refractivity contribution is 6.36. The highest BCUT2D eigenvalue weighted by Crippen LogP contribution is 2.34. The van der Waals surface area contributed by atoms with Crippen LogP contribution in [-0.2, 0) is 15.9 Å². The Labute approximate surface area is 225 Å². The zero-order valence-corrected chi connectivity index (χ0v) is 22.1. The zero-order chi connectivity index (χ0) is 26.3. The predicted molar refractivity (Wildman–Crippen MR) is 139 cm³/mol. The van der Waals surface area contributed by atoms with E-state index in [9.17, 15) is 13.2 Å². The van der Waals surface area contributed by atoms with Gasteiger partial charge in [-0.1, -0.05) is 23.2 Å². The number of anilines is 1. The van der Waals surface area contributed by atoms with Gasteiger partial charge in [-0.25, -0.2) is 4.98 Å². The molecular formula is C26H33Cl2F3N4O2. The lowest BCUT2D eigenvalue weighted by Gasteiger charge is -2.29. The Morgan fingerprint density at radius 3 is 2.49 bits per heavy atom. The van der Waals surface area contributed by atoms with Crippen molar-refractivity contribution < 1.29 is 22.6 Å². The van der Waals surface area contributed by atoms with Crippen LogP contribution in [0, 0.1) is 11.8 Å². The first-order valence-corrected chi connectivity index (χ1v) is 13.6. The van der Waals surface area contributed by atoms with Crippen molar-refractivity contribution in [1.82, 2.24) is 15.3 Å². The third kappa shape index (κ3) is 8.96. The minimum atomic E-state index is -4.58. The first kappa shape index (κ1) is 28.4. The number of aromatic nitrogens is 2. The number of alkyl halides is 3. The van der Waals surface area contributed by atoms with Gasteiger partial charge in [0.1, 0.15) is 5.82 Å². The summed E-state index contributed by atoms with van der Waals surface area (Å²) in [6.07, 6.45) is 3.72. The van der Waals surface area contributed by atoms with Crippen molar-refractivity contribution in [3.8, 4) is 11.3 Å². The maximum atomic E-state index is 12.1. The number of hydrogen-bond donors (Lipinski definition) is 2. The van der Waals surface area contributed by atoms with Crippen LogP contribution in [0.5, 0.6) is 0 Å². The van der Waals surface area contributed by atoms with E-state index < -0.39 is 6.36 Å². The quantitative estimate of drug-likeness (QED) is 0.322. The Balaban J connectivity index is 1.32. The Morgan fingerprint density at radius 2 is 1.76 bits per heavy atom. The normalized spacial score (nSPS) is 21.2. The Morgan fingerprint density at radius 1 is 1.00 bits per heavy atom. The zero-order valence-electron chi connectivity index (χ0n) is 20.6. The van der Waals surface area contributed by atoms with Crippen molar-refractivity contribution in [3.63, 3.8) is 0 Å². The molecule has 2 aliphatic rings. The topological polar surface area (TPSA) is 68.3 Å². The van der Waals surface area contributed by atoms with Gasteiger partial charge >= 0.3 is 6.36 Å². The van der Waals surface area contributed by atoms with Crippen LogP contribution in [0.3, 0.4) is 0 Å². The van der Waals surface area contributed by atoms with E-state index in [1.807, 2.05) is 18.2 Å². The third-order valence-corrected chi connectivity index (χ3v) is 7.68. The number of rotatable bonds is 10. The van der Waals surface area contributed by atoms with Gasteiger partial charge in [-0.2, -0.15) is 0 Å². The van der Waals surface area contributed by atoms with E-state index in [0.29, 0.717) is 27.6 Å². The molecule has 1 aliphatic carbocycles. The average molecular weight is 561 g/mol. The maximum absolute atomic E-state index is 12.1. The van der Waals surface area contributed by atoms with Crippen molar-refractivity contribution in [2.45, 2.75) is 57.3 Å². The fraction of sp³-hybridized carbons (Fsp3) is 0.615. The Kier molecular flexibility index (Phi) is 10.3. The van der Waals surface area contributed by atoms with Crippen molar-refractivity contribution in [2.24, 2.45) is 11.8 Å². The number of hydrogen-bond acceptors (Lipinski definition) is 6. The van der Waals surface area contributed by atoms with E-state index in [0.717, 1.165) is 81.8 Å². The van der Waals surface area contributed by atoms with Crippen LogP contribution in [0.2, 0.25) is 10.0 Å². The number of nitrogens with zero attached hydrogens (tertiary/aromatic N) is 2. The minimum Gasteiger partial charge on any atom is -0.381 e. The van der Waals surface area contributed by atoms with Gasteiger partial charge in [-0.3, -0.25) is 9.72 Å². The van der Waals surface area contributed by atoms with E-state index in [1.165, 1.54) is 0 Å². The van der Waals surface area contributed by atoms with Crippen LogP contribution in [-0.4, -0.2) is 55.3 Å². The highest BCUT2D eigenvalue weighted by atomic mass is 35.5. The summed E-state index contributed by atoms with van der Waals surface area (Å²) in [5.74, 6) is 1.76. The third-order valence-electron chi connectivity index (χ3n) is 7.07. The summed E-state index contributed by atoms with van der Waals surface area (Å²) >= 11 is 13.0. The maximum Gasteiger partial charge on any atom is 0.522 e. The van der Waals surface area contributed by atoms with Gasteiger partial charge in [0.25, 0.3) is 0 Å². The molecule has 0 spiro atoms. The summed E-state index contributed by atoms with van der Waals surface area (Å²) in [6.45, 7) is 2.25. The molecule has 4 rings (SSSR count). The first-order chi connectivity index (χ1) is 17.8. The molecule has 1 aliphatic heterocycles. The molecule has 0 bridgehead atoms. The van der Waals surface area contributed by atoms with Crippen molar-refractivity contribution in [2.75, 3.05) is 38.2 Å². The summed E-state index contributed by atoms with van der Waals surface area (Å²) < 4.78 is 45.6. The number of halogens is 5. The fourth-order valence-corrected chi connectivity index (χ4v) is 5.40. The largest absolute Gasteiger partial charge is 0.522 e. The van der Waals surface area contributed by atoms with Crippen molar-refractivity contribution in [1.29, 1.82) is 0 Å². The lowest BCUT2D eigenvalue weighted by atomic mass is 9.83. The molecule has 0 unspecified atom stereocenters. The molecule has 0 atom stereocenters. The second-order valence-corrected chi connectivity index (χ2v) is 10.6. The molecule has 1 saturated heterocycles. The molecule has 0 amide bonds. The Hall–Kier alpha value is -1.65. The summed E-state index contributed by atoms with van der Waals surface area (Å²) in [5.41, 5.74) is 2.31. The molecule has 37 heavy (non-hydrogen) atoms. The van der Waals surface area contributed by atoms with Crippen LogP contribution in [0.15, 0.2) is 24.4 Å². The second-order valence-electron chi connectivity index (χ2n) is 9.79. The second kappa shape index (κ2) is 13.4. The smallest absolute Gasteiger partial charge is 0.381 e. The molecule has 204 valence electrons. The summed E-state index contributed by atoms with van der Waals surface area (Å²) in [6, 6.07) is 5.89. The number of pyridine rings is 2. The lowest BCUT2D eigenvalue weighted by Crippen LogP contribution is -2.36. The van der Waals surface area contributed by atoms with Crippen molar-refractivity contribution in [3.05, 3.63) is 40.1 Å². The lowest BCUT2D eigenvalue weighted by molar-refractivity contribution is -0.323. The minimum absolute atomic E-state index is 0.188. The SMILES string of the molecule is FC(F)(F)OCCNC1CCC(Cc2cc(-c3nc(NCC4CCOCC4)ccc3Cl)c(Cl)cn2)CC1. The molecule has 0 radical (unpaired) electrons. The molecule has 6 nitrogen and oxygen atoms in total. The van der Waals surface area contributed by atoms with Crippen LogP contribution in [0.1, 0.15) is 44.2 Å². The van der Waals surface area contributed by atoms with Gasteiger partial charge in [0.2, 0.25) is 0 Å². The van der Waals surface area contributed by atoms with Gasteiger partial charge in [-0.15, -0.1) is 13.2 Å². The van der Waals surface area contributed by atoms with Gasteiger partial charge in [0, 0.05) is 49.8 Å². The molecule has 2 fully saturated rings. The standard InChI is InChI=1S/C26H33Cl2F3N4O2/c27-22-5-6-24(34-15-18-7-10-36-11-8-18)35-25(22)21-14-20(33-16-23(21)28)13-17-1-3-19(4-2-17)32-9-12-37-26(29,30)31/h5-6,14,16-19,32H,1-4,7-13,15H2,(H,34,35). The molecule has 2 N–H and O–H groups in total. The molecular weight excluding hydrogens is 528 g/mol. The van der Waals surface area contributed by atoms with E-state index in [-0.39, 0.29) is 19.2 Å². The number of ether oxygens (including phenoxy) is 2. The molecule has 11 heteroatoms. The molecule has 3 heterocycles. The predicted octanol–water partition coefficient (Wildman–Crippen LogP) is 6.52. The van der Waals surface area contributed by atoms with E-state index >= 15 is 0 Å². The fourth-order valence-electron chi connectivity index (χ4n) is 5.00. The summed E-state index contributed by atoms with van der Waals surface area (Å²) in [4.78, 5) is 9.30. The van der Waals surface area contributed by atoms with Gasteiger partial charge in [0.05, 0.1) is 22.3 Å². The van der Waals surface area contributed by atoms with E-state index in [1.54, 1.807) is 6.20 Å². The van der Waals surface area contributed by atoms with Crippen LogP contribution < -0.4 is 10.6 Å².